The Kier molecular flexibility index (Phi) is 5.19. The van der Waals surface area contributed by atoms with E-state index in [1.807, 2.05) is 54.6 Å². The van der Waals surface area contributed by atoms with Gasteiger partial charge in [0.25, 0.3) is 11.8 Å². The smallest absolute Gasteiger partial charge is 0.277 e. The van der Waals surface area contributed by atoms with Crippen LogP contribution >= 0.6 is 0 Å². The number of ether oxygens (including phenoxy) is 1. The van der Waals surface area contributed by atoms with Gasteiger partial charge in [0, 0.05) is 11.3 Å². The van der Waals surface area contributed by atoms with Gasteiger partial charge in [0.1, 0.15) is 11.4 Å². The van der Waals surface area contributed by atoms with E-state index in [1.54, 1.807) is 25.3 Å². The van der Waals surface area contributed by atoms with Gasteiger partial charge in [-0.1, -0.05) is 53.8 Å². The van der Waals surface area contributed by atoms with Crippen LogP contribution in [0.25, 0.3) is 11.4 Å². The van der Waals surface area contributed by atoms with E-state index < -0.39 is 11.8 Å². The van der Waals surface area contributed by atoms with Crippen molar-refractivity contribution in [3.8, 4) is 11.4 Å². The summed E-state index contributed by atoms with van der Waals surface area (Å²) in [5.41, 5.74) is 3.67. The maximum atomic E-state index is 12.7. The molecule has 9 nitrogen and oxygen atoms in total. The molecule has 1 N–H and O–H groups in total. The Hall–Kier alpha value is -4.66. The number of benzene rings is 2. The molecule has 1 unspecified atom stereocenters. The second kappa shape index (κ2) is 8.46. The molecule has 5 rings (SSSR count). The maximum absolute atomic E-state index is 12.7. The predicted molar refractivity (Wildman–Crippen MR) is 121 cm³/mol. The number of aromatic nitrogens is 3. The van der Waals surface area contributed by atoms with Crippen LogP contribution in [0.2, 0.25) is 0 Å². The minimum absolute atomic E-state index is 0.163. The van der Waals surface area contributed by atoms with Crippen molar-refractivity contribution in [2.24, 2.45) is 16.1 Å². The molecule has 0 spiro atoms. The van der Waals surface area contributed by atoms with E-state index in [9.17, 15) is 9.59 Å². The molecule has 2 heterocycles. The molecule has 1 aromatic heterocycles. The third-order valence-corrected chi connectivity index (χ3v) is 5.29. The van der Waals surface area contributed by atoms with Crippen molar-refractivity contribution in [1.29, 1.82) is 0 Å². The summed E-state index contributed by atoms with van der Waals surface area (Å²) in [6.07, 6.45) is 8.91. The molecule has 0 fully saturated rings. The fourth-order valence-electron chi connectivity index (χ4n) is 3.64. The van der Waals surface area contributed by atoms with Gasteiger partial charge in [0.05, 0.1) is 24.9 Å². The summed E-state index contributed by atoms with van der Waals surface area (Å²) < 4.78 is 6.82. The van der Waals surface area contributed by atoms with E-state index in [2.05, 4.69) is 25.9 Å². The van der Waals surface area contributed by atoms with Crippen molar-refractivity contribution in [3.63, 3.8) is 0 Å². The number of amides is 2. The Labute approximate surface area is 188 Å². The van der Waals surface area contributed by atoms with Crippen molar-refractivity contribution in [2.45, 2.75) is 0 Å². The van der Waals surface area contributed by atoms with Gasteiger partial charge < -0.3 is 10.1 Å². The zero-order chi connectivity index (χ0) is 22.8. The molecule has 1 atom stereocenters. The molecule has 33 heavy (non-hydrogen) atoms. The summed E-state index contributed by atoms with van der Waals surface area (Å²) in [5, 5.41) is 18.7. The van der Waals surface area contributed by atoms with E-state index in [-0.39, 0.29) is 11.6 Å². The molecule has 2 aliphatic rings. The lowest BCUT2D eigenvalue weighted by Gasteiger charge is -2.19. The number of nitrogens with one attached hydrogen (secondary N) is 1. The van der Waals surface area contributed by atoms with Crippen molar-refractivity contribution in [2.75, 3.05) is 12.4 Å². The Morgan fingerprint density at radius 3 is 2.70 bits per heavy atom. The topological polar surface area (TPSA) is 111 Å². The molecular weight excluding hydrogens is 420 g/mol. The van der Waals surface area contributed by atoms with Gasteiger partial charge in [0.2, 0.25) is 0 Å². The molecule has 0 saturated carbocycles. The quantitative estimate of drug-likeness (QED) is 0.648. The van der Waals surface area contributed by atoms with Crippen LogP contribution in [0.3, 0.4) is 0 Å². The summed E-state index contributed by atoms with van der Waals surface area (Å²) in [5.74, 6) is -0.464. The zero-order valence-corrected chi connectivity index (χ0v) is 17.5. The lowest BCUT2D eigenvalue weighted by molar-refractivity contribution is -0.119. The van der Waals surface area contributed by atoms with Crippen LogP contribution in [-0.4, -0.2) is 33.9 Å². The lowest BCUT2D eigenvalue weighted by atomic mass is 9.89. The van der Waals surface area contributed by atoms with Gasteiger partial charge >= 0.3 is 0 Å². The lowest BCUT2D eigenvalue weighted by Crippen LogP contribution is -2.17. The standard InChI is InChI=1S/C24H18N6O3/c1-33-21-9-5-4-8-20(21)30-14-19(26-29-30)24(32)25-16-12-10-15(11-13-16)22-17-6-2-3-7-18(17)23(31)28-27-22/h2-14,18H,1H3,(H,25,32). The third kappa shape index (κ3) is 3.87. The molecule has 2 aromatic carbocycles. The number of hydrogen-bond acceptors (Lipinski definition) is 6. The highest BCUT2D eigenvalue weighted by Crippen LogP contribution is 2.34. The Morgan fingerprint density at radius 1 is 1.06 bits per heavy atom. The van der Waals surface area contributed by atoms with Gasteiger partial charge in [-0.2, -0.15) is 0 Å². The third-order valence-electron chi connectivity index (χ3n) is 5.29. The predicted octanol–water partition coefficient (Wildman–Crippen LogP) is 3.97. The summed E-state index contributed by atoms with van der Waals surface area (Å²) in [7, 11) is 1.57. The van der Waals surface area contributed by atoms with Gasteiger partial charge in [-0.3, -0.25) is 9.59 Å². The van der Waals surface area contributed by atoms with Crippen molar-refractivity contribution in [3.05, 3.63) is 95.9 Å². The largest absolute Gasteiger partial charge is 0.494 e. The summed E-state index contributed by atoms with van der Waals surface area (Å²) in [6, 6.07) is 14.5. The minimum atomic E-state index is -0.410. The van der Waals surface area contributed by atoms with E-state index in [0.29, 0.717) is 22.8 Å². The van der Waals surface area contributed by atoms with Crippen LogP contribution in [0.5, 0.6) is 5.75 Å². The van der Waals surface area contributed by atoms with Crippen LogP contribution in [0.1, 0.15) is 16.1 Å². The Morgan fingerprint density at radius 2 is 1.88 bits per heavy atom. The normalized spacial score (nSPS) is 16.6. The molecule has 0 bridgehead atoms. The first-order chi connectivity index (χ1) is 16.1. The van der Waals surface area contributed by atoms with Gasteiger partial charge in [-0.15, -0.1) is 15.3 Å². The first kappa shape index (κ1) is 20.3. The van der Waals surface area contributed by atoms with Crippen LogP contribution < -0.4 is 10.1 Å². The maximum Gasteiger partial charge on any atom is 0.277 e. The highest BCUT2D eigenvalue weighted by molar-refractivity contribution is 6.02. The molecule has 0 radical (unpaired) electrons. The molecule has 1 aliphatic carbocycles. The van der Waals surface area contributed by atoms with Gasteiger partial charge in [-0.25, -0.2) is 4.68 Å². The second-order valence-corrected chi connectivity index (χ2v) is 7.32. The molecule has 9 heteroatoms. The highest BCUT2D eigenvalue weighted by atomic mass is 16.5. The second-order valence-electron chi connectivity index (χ2n) is 7.32. The number of nitrogens with zero attached hydrogens (tertiary/aromatic N) is 5. The summed E-state index contributed by atoms with van der Waals surface area (Å²) in [4.78, 5) is 24.7. The van der Waals surface area contributed by atoms with Gasteiger partial charge in [0.15, 0.2) is 5.69 Å². The molecule has 2 amide bonds. The first-order valence-corrected chi connectivity index (χ1v) is 10.2. The van der Waals surface area contributed by atoms with Crippen molar-refractivity contribution in [1.82, 2.24) is 15.0 Å². The number of carbonyl (C=O) groups excluding carboxylic acids is 2. The molecular formula is C24H18N6O3. The van der Waals surface area contributed by atoms with Crippen molar-refractivity contribution < 1.29 is 14.3 Å². The number of anilines is 1. The monoisotopic (exact) mass is 438 g/mol. The summed E-state index contributed by atoms with van der Waals surface area (Å²) in [6.45, 7) is 0. The van der Waals surface area contributed by atoms with Crippen LogP contribution in [0, 0.1) is 5.92 Å². The SMILES string of the molecule is COc1ccccc1-n1cc(C(=O)Nc2ccc(C3=C4C=CC=CC4C(=O)N=N3)cc2)nn1. The molecule has 3 aromatic rings. The van der Waals surface area contributed by atoms with Crippen LogP contribution in [-0.2, 0) is 4.79 Å². The zero-order valence-electron chi connectivity index (χ0n) is 17.5. The van der Waals surface area contributed by atoms with Crippen molar-refractivity contribution >= 4 is 23.2 Å². The highest BCUT2D eigenvalue weighted by Gasteiger charge is 2.27. The number of azo groups is 1. The first-order valence-electron chi connectivity index (χ1n) is 10.2. The minimum Gasteiger partial charge on any atom is -0.494 e. The van der Waals surface area contributed by atoms with Crippen LogP contribution in [0.15, 0.2) is 94.8 Å². The Bertz CT molecular complexity index is 1360. The van der Waals surface area contributed by atoms with E-state index in [4.69, 9.17) is 4.74 Å². The number of allylic oxidation sites excluding steroid dienone is 3. The van der Waals surface area contributed by atoms with E-state index in [1.165, 1.54) is 10.9 Å². The molecule has 0 saturated heterocycles. The molecule has 162 valence electrons. The van der Waals surface area contributed by atoms with E-state index in [0.717, 1.165) is 11.1 Å². The molecule has 1 aliphatic heterocycles. The number of para-hydroxylation sites is 2. The number of carbonyl (C=O) groups is 2. The fraction of sp³-hybridized carbons (Fsp3) is 0.0833. The average Bonchev–Trinajstić information content (AvgIpc) is 3.35. The van der Waals surface area contributed by atoms with Gasteiger partial charge in [-0.05, 0) is 29.8 Å². The Balaban J connectivity index is 1.33. The number of rotatable bonds is 5. The number of hydrogen-bond donors (Lipinski definition) is 1. The van der Waals surface area contributed by atoms with Crippen LogP contribution in [0.4, 0.5) is 5.69 Å². The number of methoxy groups -OCH3 is 1. The summed E-state index contributed by atoms with van der Waals surface area (Å²) >= 11 is 0. The number of fused-ring (bicyclic) bond motifs is 1. The average molecular weight is 438 g/mol. The van der Waals surface area contributed by atoms with E-state index >= 15 is 0 Å². The fourth-order valence-corrected chi connectivity index (χ4v) is 3.64.